The fourth-order valence-electron chi connectivity index (χ4n) is 4.96. The molecule has 2 aromatic heterocycles. The zero-order chi connectivity index (χ0) is 31.2. The van der Waals surface area contributed by atoms with Gasteiger partial charge in [0.15, 0.2) is 5.13 Å². The van der Waals surface area contributed by atoms with E-state index < -0.39 is 29.7 Å². The summed E-state index contributed by atoms with van der Waals surface area (Å²) in [6, 6.07) is -0.722. The lowest BCUT2D eigenvalue weighted by Crippen LogP contribution is -2.70. The summed E-state index contributed by atoms with van der Waals surface area (Å²) in [5.41, 5.74) is 12.4. The fourth-order valence-corrected chi connectivity index (χ4v) is 7.79. The van der Waals surface area contributed by atoms with Crippen molar-refractivity contribution in [2.45, 2.75) is 86.2 Å². The number of fused-ring (bicyclic) bond motifs is 1. The van der Waals surface area contributed by atoms with Gasteiger partial charge in [-0.05, 0) is 47.1 Å². The van der Waals surface area contributed by atoms with Crippen LogP contribution in [0, 0.1) is 0 Å². The van der Waals surface area contributed by atoms with Gasteiger partial charge in [0.05, 0.1) is 18.7 Å². The molecule has 238 valence electrons. The van der Waals surface area contributed by atoms with Crippen molar-refractivity contribution >= 4 is 63.9 Å². The van der Waals surface area contributed by atoms with E-state index in [0.717, 1.165) is 43.9 Å². The van der Waals surface area contributed by atoms with Crippen molar-refractivity contribution < 1.29 is 33.4 Å². The Kier molecular flexibility index (Phi) is 10.6. The van der Waals surface area contributed by atoms with E-state index in [2.05, 4.69) is 25.8 Å². The Balaban J connectivity index is 1.23. The third-order valence-electron chi connectivity index (χ3n) is 7.05. The number of aromatic nitrogens is 5. The van der Waals surface area contributed by atoms with E-state index in [4.69, 9.17) is 25.7 Å². The van der Waals surface area contributed by atoms with Gasteiger partial charge in [0.2, 0.25) is 23.3 Å². The molecule has 0 aromatic carbocycles. The lowest BCUT2D eigenvalue weighted by atomic mass is 9.98. The van der Waals surface area contributed by atoms with Gasteiger partial charge in [0.1, 0.15) is 22.8 Å². The molecule has 0 bridgehead atoms. The van der Waals surface area contributed by atoms with Crippen LogP contribution in [0.5, 0.6) is 0 Å². The molecule has 2 amide bonds. The van der Waals surface area contributed by atoms with Crippen molar-refractivity contribution in [2.24, 2.45) is 5.73 Å². The summed E-state index contributed by atoms with van der Waals surface area (Å²) < 4.78 is 17.5. The molecule has 0 spiro atoms. The van der Waals surface area contributed by atoms with Crippen LogP contribution in [0.15, 0.2) is 21.5 Å². The third-order valence-corrected chi connectivity index (χ3v) is 10.3. The van der Waals surface area contributed by atoms with Crippen molar-refractivity contribution in [2.75, 3.05) is 18.8 Å². The minimum Gasteiger partial charge on any atom is -0.431 e. The van der Waals surface area contributed by atoms with E-state index in [1.54, 1.807) is 15.7 Å². The van der Waals surface area contributed by atoms with Crippen LogP contribution >= 0.6 is 34.9 Å². The van der Waals surface area contributed by atoms with Gasteiger partial charge >= 0.3 is 12.1 Å². The summed E-state index contributed by atoms with van der Waals surface area (Å²) >= 11 is 3.56. The standard InChI is InChI=1S/C25H33N9O7S3/c1-13(40-25(38)41-16-5-3-2-4-6-16)39-22(37)19(44-24-30-31-32-34(24)8-7-26)14-10-33-20(36)18(21(33)42-11-14)29-17(35)9-15-12-43-23(27)28-15/h11-13,16,18-19,21H,2-10,26H2,1H3,(H2,27,28)(H,29,35). The van der Waals surface area contributed by atoms with Crippen molar-refractivity contribution in [3.05, 3.63) is 22.1 Å². The zero-order valence-corrected chi connectivity index (χ0v) is 26.3. The predicted molar refractivity (Wildman–Crippen MR) is 160 cm³/mol. The van der Waals surface area contributed by atoms with Gasteiger partial charge in [-0.3, -0.25) is 14.4 Å². The summed E-state index contributed by atoms with van der Waals surface area (Å²) in [6.45, 7) is 2.12. The van der Waals surface area contributed by atoms with E-state index in [0.29, 0.717) is 28.1 Å². The second-order valence-electron chi connectivity index (χ2n) is 10.3. The maximum atomic E-state index is 13.5. The van der Waals surface area contributed by atoms with Gasteiger partial charge in [0.25, 0.3) is 0 Å². The smallest absolute Gasteiger partial charge is 0.431 e. The highest BCUT2D eigenvalue weighted by molar-refractivity contribution is 8.03. The SMILES string of the molecule is CC(OC(=O)OC1CCCCC1)OC(=O)C(Sc1nnnn1CCN)C1=CSC2C(NC(=O)Cc3csc(N)n3)C(=O)N2C1. The molecular weight excluding hydrogens is 635 g/mol. The van der Waals surface area contributed by atoms with E-state index in [9.17, 15) is 19.2 Å². The lowest BCUT2D eigenvalue weighted by molar-refractivity contribution is -0.168. The molecule has 44 heavy (non-hydrogen) atoms. The average molecular weight is 668 g/mol. The number of thiazole rings is 1. The molecule has 1 saturated carbocycles. The highest BCUT2D eigenvalue weighted by Gasteiger charge is 2.51. The first-order valence-corrected chi connectivity index (χ1v) is 16.8. The number of rotatable bonds is 12. The quantitative estimate of drug-likeness (QED) is 0.125. The van der Waals surface area contributed by atoms with Crippen LogP contribution in [0.2, 0.25) is 0 Å². The zero-order valence-electron chi connectivity index (χ0n) is 23.8. The molecule has 5 N–H and O–H groups in total. The normalized spacial score (nSPS) is 21.4. The summed E-state index contributed by atoms with van der Waals surface area (Å²) in [7, 11) is 0. The molecule has 2 fully saturated rings. The number of tetrazole rings is 1. The molecule has 3 aliphatic rings. The van der Waals surface area contributed by atoms with Crippen LogP contribution in [0.4, 0.5) is 9.93 Å². The number of carbonyl (C=O) groups excluding carboxylic acids is 4. The topological polar surface area (TPSA) is 220 Å². The maximum absolute atomic E-state index is 13.5. The summed E-state index contributed by atoms with van der Waals surface area (Å²) in [6.07, 6.45) is 2.27. The van der Waals surface area contributed by atoms with Crippen LogP contribution in [-0.2, 0) is 41.6 Å². The first-order valence-electron chi connectivity index (χ1n) is 14.1. The number of carbonyl (C=O) groups is 4. The van der Waals surface area contributed by atoms with Gasteiger partial charge in [-0.1, -0.05) is 18.2 Å². The van der Waals surface area contributed by atoms with Crippen molar-refractivity contribution in [1.29, 1.82) is 0 Å². The molecule has 2 aliphatic heterocycles. The molecule has 19 heteroatoms. The Labute approximate surface area is 265 Å². The summed E-state index contributed by atoms with van der Waals surface area (Å²) in [5.74, 6) is -1.35. The highest BCUT2D eigenvalue weighted by Crippen LogP contribution is 2.40. The predicted octanol–water partition coefficient (Wildman–Crippen LogP) is 1.03. The number of esters is 1. The Morgan fingerprint density at radius 2 is 2.02 bits per heavy atom. The number of nitrogens with two attached hydrogens (primary N) is 2. The molecule has 5 rings (SSSR count). The Bertz CT molecular complexity index is 1400. The van der Waals surface area contributed by atoms with E-state index in [-0.39, 0.29) is 42.8 Å². The molecule has 1 saturated heterocycles. The van der Waals surface area contributed by atoms with E-state index in [1.807, 2.05) is 0 Å². The Morgan fingerprint density at radius 3 is 2.75 bits per heavy atom. The van der Waals surface area contributed by atoms with Crippen LogP contribution in [0.25, 0.3) is 0 Å². The van der Waals surface area contributed by atoms with Gasteiger partial charge in [0, 0.05) is 25.4 Å². The average Bonchev–Trinajstić information content (AvgIpc) is 3.62. The first-order chi connectivity index (χ1) is 21.2. The van der Waals surface area contributed by atoms with Gasteiger partial charge in [-0.15, -0.1) is 28.2 Å². The number of hydrogen-bond acceptors (Lipinski definition) is 16. The minimum absolute atomic E-state index is 0.00643. The monoisotopic (exact) mass is 667 g/mol. The number of hydrogen-bond donors (Lipinski definition) is 3. The molecule has 4 unspecified atom stereocenters. The van der Waals surface area contributed by atoms with Crippen LogP contribution in [0.3, 0.4) is 0 Å². The van der Waals surface area contributed by atoms with Crippen molar-refractivity contribution in [3.63, 3.8) is 0 Å². The molecule has 1 aliphatic carbocycles. The molecule has 4 atom stereocenters. The van der Waals surface area contributed by atoms with Crippen LogP contribution < -0.4 is 16.8 Å². The van der Waals surface area contributed by atoms with Gasteiger partial charge in [-0.25, -0.2) is 14.5 Å². The van der Waals surface area contributed by atoms with Crippen molar-refractivity contribution in [1.82, 2.24) is 35.4 Å². The van der Waals surface area contributed by atoms with Crippen LogP contribution in [-0.4, -0.2) is 96.2 Å². The molecular formula is C25H33N9O7S3. The number of β-lactam (4-membered cyclic amide) rings is 1. The number of nitrogens with one attached hydrogen (secondary N) is 1. The second-order valence-corrected chi connectivity index (χ2v) is 13.3. The number of ether oxygens (including phenoxy) is 3. The molecule has 16 nitrogen and oxygen atoms in total. The molecule has 0 radical (unpaired) electrons. The van der Waals surface area contributed by atoms with Gasteiger partial charge in [-0.2, -0.15) is 0 Å². The fraction of sp³-hybridized carbons (Fsp3) is 0.600. The van der Waals surface area contributed by atoms with Gasteiger partial charge < -0.3 is 35.9 Å². The number of thioether (sulfide) groups is 2. The molecule has 4 heterocycles. The number of amides is 2. The van der Waals surface area contributed by atoms with E-state index >= 15 is 0 Å². The Hall–Kier alpha value is -3.42. The summed E-state index contributed by atoms with van der Waals surface area (Å²) in [5, 5.41) is 17.2. The lowest BCUT2D eigenvalue weighted by Gasteiger charge is -2.49. The minimum atomic E-state index is -1.23. The number of nitrogens with zero attached hydrogens (tertiary/aromatic N) is 6. The molecule has 2 aromatic rings. The largest absolute Gasteiger partial charge is 0.511 e. The van der Waals surface area contributed by atoms with Crippen LogP contribution in [0.1, 0.15) is 44.7 Å². The van der Waals surface area contributed by atoms with Crippen molar-refractivity contribution in [3.8, 4) is 0 Å². The third kappa shape index (κ3) is 7.80. The Morgan fingerprint density at radius 1 is 1.23 bits per heavy atom. The first kappa shape index (κ1) is 32.0. The maximum Gasteiger partial charge on any atom is 0.511 e. The van der Waals surface area contributed by atoms with E-state index in [1.165, 1.54) is 34.7 Å². The number of anilines is 1. The number of nitrogen functional groups attached to an aromatic ring is 1. The summed E-state index contributed by atoms with van der Waals surface area (Å²) in [4.78, 5) is 57.0. The highest BCUT2D eigenvalue weighted by atomic mass is 32.2. The second kappa shape index (κ2) is 14.6.